The number of hydrogen-bond donors (Lipinski definition) is 1. The first-order valence-corrected chi connectivity index (χ1v) is 14.1. The number of rotatable bonds is 13. The molecule has 0 aliphatic heterocycles. The quantitative estimate of drug-likeness (QED) is 0.178. The molecule has 1 N–H and O–H groups in total. The molecule has 41 heavy (non-hydrogen) atoms. The van der Waals surface area contributed by atoms with Crippen LogP contribution < -0.4 is 14.2 Å². The number of nitrogens with one attached hydrogen (secondary N) is 1. The third kappa shape index (κ3) is 7.24. The number of aryl methyl sites for hydroxylation is 1. The molecule has 0 unspecified atom stereocenters. The standard InChI is InChI=1S/C28H35N7O5S/c1-9-13-40-25(26(29-6)31-15-18(2)3)20(5)41(36,37)34-28-33-32-27(21-14-19(4)16-30-17-21)35(28)24-22(38-7)11-10-12-23(24)39-8/h9-12,14-17,20,25H,1,6,13H2,2-5,7-8H3,(H,33,34)/b31-26-/t20-,25+/m0/s1. The van der Waals surface area contributed by atoms with Gasteiger partial charge in [-0.2, -0.15) is 0 Å². The van der Waals surface area contributed by atoms with E-state index in [1.807, 2.05) is 26.8 Å². The van der Waals surface area contributed by atoms with E-state index in [0.717, 1.165) is 11.1 Å². The maximum Gasteiger partial charge on any atom is 0.243 e. The zero-order chi connectivity index (χ0) is 30.2. The van der Waals surface area contributed by atoms with Gasteiger partial charge in [-0.1, -0.05) is 17.7 Å². The molecule has 0 bridgehead atoms. The average molecular weight is 582 g/mol. The number of benzene rings is 1. The van der Waals surface area contributed by atoms with Gasteiger partial charge in [0.25, 0.3) is 0 Å². The zero-order valence-electron chi connectivity index (χ0n) is 24.0. The van der Waals surface area contributed by atoms with Gasteiger partial charge in [-0.15, -0.1) is 16.8 Å². The van der Waals surface area contributed by atoms with Crippen LogP contribution in [0.25, 0.3) is 17.1 Å². The molecule has 0 aliphatic carbocycles. The van der Waals surface area contributed by atoms with E-state index >= 15 is 0 Å². The molecule has 2 atom stereocenters. The summed E-state index contributed by atoms with van der Waals surface area (Å²) < 4.78 is 48.8. The fourth-order valence-electron chi connectivity index (χ4n) is 3.85. The van der Waals surface area contributed by atoms with Crippen molar-refractivity contribution in [2.45, 2.75) is 39.0 Å². The van der Waals surface area contributed by atoms with E-state index in [4.69, 9.17) is 14.2 Å². The summed E-state index contributed by atoms with van der Waals surface area (Å²) in [4.78, 5) is 12.5. The van der Waals surface area contributed by atoms with Crippen LogP contribution in [-0.4, -0.2) is 72.9 Å². The first-order valence-electron chi connectivity index (χ1n) is 12.6. The van der Waals surface area contributed by atoms with Crippen LogP contribution in [0.4, 0.5) is 5.95 Å². The fourth-order valence-corrected chi connectivity index (χ4v) is 4.95. The Morgan fingerprint density at radius 3 is 2.41 bits per heavy atom. The molecule has 3 aromatic rings. The first kappa shape index (κ1) is 31.2. The summed E-state index contributed by atoms with van der Waals surface area (Å²) >= 11 is 0. The Labute approximate surface area is 240 Å². The molecule has 1 aromatic carbocycles. The summed E-state index contributed by atoms with van der Waals surface area (Å²) in [6.07, 6.45) is 5.31. The number of allylic oxidation sites excluding steroid dienone is 1. The van der Waals surface area contributed by atoms with E-state index in [1.165, 1.54) is 31.8 Å². The second-order valence-electron chi connectivity index (χ2n) is 9.19. The molecule has 12 nitrogen and oxygen atoms in total. The number of methoxy groups -OCH3 is 2. The third-order valence-corrected chi connectivity index (χ3v) is 7.53. The predicted octanol–water partition coefficient (Wildman–Crippen LogP) is 4.38. The van der Waals surface area contributed by atoms with Gasteiger partial charge in [-0.25, -0.2) is 18.4 Å². The lowest BCUT2D eigenvalue weighted by Gasteiger charge is -2.24. The van der Waals surface area contributed by atoms with Crippen LogP contribution >= 0.6 is 0 Å². The van der Waals surface area contributed by atoms with Gasteiger partial charge in [-0.05, 0) is 58.2 Å². The van der Waals surface area contributed by atoms with Crippen LogP contribution in [0.15, 0.2) is 71.1 Å². The van der Waals surface area contributed by atoms with Crippen molar-refractivity contribution in [1.29, 1.82) is 0 Å². The average Bonchev–Trinajstić information content (AvgIpc) is 3.35. The molecule has 0 amide bonds. The number of pyridine rings is 1. The summed E-state index contributed by atoms with van der Waals surface area (Å²) in [5.41, 5.74) is 2.76. The van der Waals surface area contributed by atoms with Gasteiger partial charge in [-0.3, -0.25) is 14.3 Å². The number of aromatic nitrogens is 4. The van der Waals surface area contributed by atoms with Crippen LogP contribution in [0.5, 0.6) is 11.5 Å². The summed E-state index contributed by atoms with van der Waals surface area (Å²) in [5, 5.41) is 7.35. The van der Waals surface area contributed by atoms with Crippen molar-refractivity contribution in [1.82, 2.24) is 19.7 Å². The summed E-state index contributed by atoms with van der Waals surface area (Å²) in [6.45, 7) is 14.4. The van der Waals surface area contributed by atoms with Crippen LogP contribution in [0, 0.1) is 6.92 Å². The Morgan fingerprint density at radius 1 is 1.17 bits per heavy atom. The minimum atomic E-state index is -4.20. The Morgan fingerprint density at radius 2 is 1.85 bits per heavy atom. The zero-order valence-corrected chi connectivity index (χ0v) is 24.8. The van der Waals surface area contributed by atoms with Gasteiger partial charge in [0.05, 0.1) is 20.8 Å². The number of anilines is 1. The molecule has 13 heteroatoms. The van der Waals surface area contributed by atoms with E-state index in [9.17, 15) is 8.42 Å². The van der Waals surface area contributed by atoms with Gasteiger partial charge in [0.2, 0.25) is 16.0 Å². The number of aliphatic imine (C=N–C) groups is 2. The number of nitrogens with zero attached hydrogens (tertiary/aromatic N) is 6. The smallest absolute Gasteiger partial charge is 0.243 e. The highest BCUT2D eigenvalue weighted by molar-refractivity contribution is 7.93. The molecule has 0 fully saturated rings. The minimum Gasteiger partial charge on any atom is -0.494 e. The van der Waals surface area contributed by atoms with E-state index in [-0.39, 0.29) is 18.4 Å². The van der Waals surface area contributed by atoms with Crippen molar-refractivity contribution in [2.75, 3.05) is 25.5 Å². The van der Waals surface area contributed by atoms with E-state index in [2.05, 4.69) is 43.2 Å². The molecular weight excluding hydrogens is 546 g/mol. The van der Waals surface area contributed by atoms with Crippen molar-refractivity contribution in [3.8, 4) is 28.6 Å². The Kier molecular flexibility index (Phi) is 10.5. The van der Waals surface area contributed by atoms with Gasteiger partial charge >= 0.3 is 0 Å². The third-order valence-electron chi connectivity index (χ3n) is 5.84. The van der Waals surface area contributed by atoms with Crippen LogP contribution in [0.1, 0.15) is 26.3 Å². The van der Waals surface area contributed by atoms with Crippen molar-refractivity contribution >= 4 is 28.5 Å². The molecule has 0 saturated carbocycles. The molecule has 2 heterocycles. The number of sulfonamides is 1. The predicted molar refractivity (Wildman–Crippen MR) is 161 cm³/mol. The minimum absolute atomic E-state index is 0.0625. The van der Waals surface area contributed by atoms with Gasteiger partial charge < -0.3 is 14.2 Å². The monoisotopic (exact) mass is 581 g/mol. The molecule has 0 aliphatic rings. The molecule has 0 saturated heterocycles. The Hall–Kier alpha value is -4.36. The highest BCUT2D eigenvalue weighted by Gasteiger charge is 2.36. The fraction of sp³-hybridized carbons (Fsp3) is 0.321. The van der Waals surface area contributed by atoms with Gasteiger partial charge in [0.15, 0.2) is 11.7 Å². The number of amidine groups is 1. The SMILES string of the molecule is C=CCO[C@@H](/C(N=C)=N/C=C(C)C)[C@H](C)S(=O)(=O)Nc1nnc(-c2cncc(C)c2)n1-c1c(OC)cccc1OC. The Balaban J connectivity index is 2.20. The number of para-hydroxylation sites is 1. The molecule has 0 radical (unpaired) electrons. The molecule has 3 rings (SSSR count). The van der Waals surface area contributed by atoms with Crippen molar-refractivity contribution in [2.24, 2.45) is 9.98 Å². The highest BCUT2D eigenvalue weighted by atomic mass is 32.2. The topological polar surface area (TPSA) is 142 Å². The van der Waals surface area contributed by atoms with Crippen LogP contribution in [0.2, 0.25) is 0 Å². The van der Waals surface area contributed by atoms with Crippen molar-refractivity contribution in [3.63, 3.8) is 0 Å². The molecule has 0 spiro atoms. The van der Waals surface area contributed by atoms with Gasteiger partial charge in [0.1, 0.15) is 28.5 Å². The second kappa shape index (κ2) is 13.8. The van der Waals surface area contributed by atoms with Crippen molar-refractivity contribution < 1.29 is 22.6 Å². The molecular formula is C28H35N7O5S. The van der Waals surface area contributed by atoms with E-state index < -0.39 is 21.4 Å². The lowest BCUT2D eigenvalue weighted by atomic mass is 10.2. The first-order chi connectivity index (χ1) is 19.6. The molecule has 218 valence electrons. The number of ether oxygens (including phenoxy) is 3. The summed E-state index contributed by atoms with van der Waals surface area (Å²) in [7, 11) is -1.20. The van der Waals surface area contributed by atoms with Crippen LogP contribution in [0.3, 0.4) is 0 Å². The van der Waals surface area contributed by atoms with E-state index in [0.29, 0.717) is 28.6 Å². The Bertz CT molecular complexity index is 1540. The largest absolute Gasteiger partial charge is 0.494 e. The number of hydrogen-bond acceptors (Lipinski definition) is 9. The normalized spacial score (nSPS) is 13.2. The molecule has 2 aromatic heterocycles. The highest BCUT2D eigenvalue weighted by Crippen LogP contribution is 2.38. The van der Waals surface area contributed by atoms with Gasteiger partial charge in [0, 0.05) is 24.2 Å². The summed E-state index contributed by atoms with van der Waals surface area (Å²) in [6, 6.07) is 7.05. The maximum atomic E-state index is 13.9. The maximum absolute atomic E-state index is 13.9. The lowest BCUT2D eigenvalue weighted by Crippen LogP contribution is -2.42. The van der Waals surface area contributed by atoms with Crippen molar-refractivity contribution in [3.05, 3.63) is 66.7 Å². The van der Waals surface area contributed by atoms with E-state index in [1.54, 1.807) is 36.8 Å². The second-order valence-corrected chi connectivity index (χ2v) is 11.2. The lowest BCUT2D eigenvalue weighted by molar-refractivity contribution is 0.121. The summed E-state index contributed by atoms with van der Waals surface area (Å²) in [5.74, 6) is 1.11. The van der Waals surface area contributed by atoms with Crippen LogP contribution in [-0.2, 0) is 14.8 Å².